The second-order valence-corrected chi connectivity index (χ2v) is 7.65. The van der Waals surface area contributed by atoms with E-state index < -0.39 is 18.8 Å². The first kappa shape index (κ1) is 22.5. The van der Waals surface area contributed by atoms with Crippen molar-refractivity contribution in [1.82, 2.24) is 10.3 Å². The molecular weight excluding hydrogens is 385 g/mol. The van der Waals surface area contributed by atoms with E-state index in [2.05, 4.69) is 35.8 Å². The zero-order valence-corrected chi connectivity index (χ0v) is 16.8. The molecule has 0 aliphatic carbocycles. The smallest absolute Gasteiger partial charge is 0.422 e. The lowest BCUT2D eigenvalue weighted by atomic mass is 9.86. The predicted molar refractivity (Wildman–Crippen MR) is 103 cm³/mol. The lowest BCUT2D eigenvalue weighted by Gasteiger charge is -2.22. The standard InChI is InChI=1S/C21H25F3N2O3/c1-14(17-10-9-15(11-25-17)29-13-21(22,23)24)26-19(27)12-28-18-8-6-5-7-16(18)20(2,3)4/h5-11,14H,12-13H2,1-4H3,(H,26,27)/t14-/m1/s1. The van der Waals surface area contributed by atoms with Crippen LogP contribution in [0.2, 0.25) is 0 Å². The maximum Gasteiger partial charge on any atom is 0.422 e. The molecule has 0 radical (unpaired) electrons. The summed E-state index contributed by atoms with van der Waals surface area (Å²) in [6.45, 7) is 6.36. The van der Waals surface area contributed by atoms with Crippen LogP contribution in [0.25, 0.3) is 0 Å². The Morgan fingerprint density at radius 2 is 1.79 bits per heavy atom. The summed E-state index contributed by atoms with van der Waals surface area (Å²) >= 11 is 0. The van der Waals surface area contributed by atoms with E-state index in [9.17, 15) is 18.0 Å². The third-order valence-corrected chi connectivity index (χ3v) is 4.04. The van der Waals surface area contributed by atoms with Gasteiger partial charge in [0.15, 0.2) is 13.2 Å². The molecule has 0 aliphatic heterocycles. The number of nitrogens with zero attached hydrogens (tertiary/aromatic N) is 1. The fourth-order valence-electron chi connectivity index (χ4n) is 2.61. The van der Waals surface area contributed by atoms with Gasteiger partial charge in [-0.15, -0.1) is 0 Å². The minimum absolute atomic E-state index is 0.00622. The highest BCUT2D eigenvalue weighted by Gasteiger charge is 2.28. The van der Waals surface area contributed by atoms with E-state index in [-0.39, 0.29) is 23.7 Å². The summed E-state index contributed by atoms with van der Waals surface area (Å²) in [7, 11) is 0. The Hall–Kier alpha value is -2.77. The van der Waals surface area contributed by atoms with Crippen molar-refractivity contribution in [3.05, 3.63) is 53.9 Å². The SMILES string of the molecule is C[C@@H](NC(=O)COc1ccccc1C(C)(C)C)c1ccc(OCC(F)(F)F)cn1. The predicted octanol–water partition coefficient (Wildman–Crippen LogP) is 4.58. The van der Waals surface area contributed by atoms with E-state index in [0.29, 0.717) is 11.4 Å². The van der Waals surface area contributed by atoms with Gasteiger partial charge in [0.05, 0.1) is 17.9 Å². The molecule has 0 aliphatic rings. The number of amides is 1. The molecule has 0 bridgehead atoms. The summed E-state index contributed by atoms with van der Waals surface area (Å²) in [5.41, 5.74) is 1.37. The van der Waals surface area contributed by atoms with Gasteiger partial charge in [-0.05, 0) is 36.1 Å². The van der Waals surface area contributed by atoms with Gasteiger partial charge in [-0.1, -0.05) is 39.0 Å². The van der Waals surface area contributed by atoms with Crippen LogP contribution in [0.3, 0.4) is 0 Å². The molecule has 8 heteroatoms. The van der Waals surface area contributed by atoms with Crippen molar-refractivity contribution in [2.45, 2.75) is 45.3 Å². The minimum atomic E-state index is -4.41. The molecule has 1 aromatic heterocycles. The molecule has 0 saturated heterocycles. The number of rotatable bonds is 7. The molecule has 29 heavy (non-hydrogen) atoms. The van der Waals surface area contributed by atoms with E-state index in [1.807, 2.05) is 24.3 Å². The second kappa shape index (κ2) is 9.15. The molecule has 1 N–H and O–H groups in total. The lowest BCUT2D eigenvalue weighted by molar-refractivity contribution is -0.153. The zero-order valence-electron chi connectivity index (χ0n) is 16.8. The van der Waals surface area contributed by atoms with Gasteiger partial charge in [-0.3, -0.25) is 9.78 Å². The summed E-state index contributed by atoms with van der Waals surface area (Å²) in [5.74, 6) is 0.319. The van der Waals surface area contributed by atoms with Gasteiger partial charge in [-0.2, -0.15) is 13.2 Å². The maximum atomic E-state index is 12.2. The fraction of sp³-hybridized carbons (Fsp3) is 0.429. The number of hydrogen-bond donors (Lipinski definition) is 1. The van der Waals surface area contributed by atoms with Crippen LogP contribution < -0.4 is 14.8 Å². The molecule has 1 aromatic carbocycles. The molecule has 5 nitrogen and oxygen atoms in total. The molecule has 0 spiro atoms. The number of ether oxygens (including phenoxy) is 2. The molecule has 2 aromatic rings. The molecule has 1 atom stereocenters. The Labute approximate surface area is 168 Å². The third-order valence-electron chi connectivity index (χ3n) is 4.04. The van der Waals surface area contributed by atoms with E-state index in [1.54, 1.807) is 6.92 Å². The zero-order chi connectivity index (χ0) is 21.7. The molecule has 158 valence electrons. The molecule has 1 amide bonds. The Kier molecular flexibility index (Phi) is 7.11. The summed E-state index contributed by atoms with van der Waals surface area (Å²) < 4.78 is 46.8. The first-order valence-corrected chi connectivity index (χ1v) is 9.13. The average Bonchev–Trinajstić information content (AvgIpc) is 2.64. The Morgan fingerprint density at radius 1 is 1.10 bits per heavy atom. The Balaban J connectivity index is 1.90. The van der Waals surface area contributed by atoms with Crippen LogP contribution in [-0.2, 0) is 10.2 Å². The van der Waals surface area contributed by atoms with E-state index in [1.165, 1.54) is 18.3 Å². The van der Waals surface area contributed by atoms with Crippen LogP contribution in [0.4, 0.5) is 13.2 Å². The van der Waals surface area contributed by atoms with Gasteiger partial charge in [0.2, 0.25) is 0 Å². The van der Waals surface area contributed by atoms with Crippen molar-refractivity contribution in [3.8, 4) is 11.5 Å². The highest BCUT2D eigenvalue weighted by molar-refractivity contribution is 5.78. The number of carbonyl (C=O) groups excluding carboxylic acids is 1. The number of halogens is 3. The topological polar surface area (TPSA) is 60.5 Å². The van der Waals surface area contributed by atoms with Crippen molar-refractivity contribution in [1.29, 1.82) is 0 Å². The fourth-order valence-corrected chi connectivity index (χ4v) is 2.61. The van der Waals surface area contributed by atoms with Gasteiger partial charge in [0.25, 0.3) is 5.91 Å². The Morgan fingerprint density at radius 3 is 2.38 bits per heavy atom. The van der Waals surface area contributed by atoms with E-state index >= 15 is 0 Å². The largest absolute Gasteiger partial charge is 0.483 e. The number of pyridine rings is 1. The van der Waals surface area contributed by atoms with Gasteiger partial charge in [-0.25, -0.2) is 0 Å². The monoisotopic (exact) mass is 410 g/mol. The molecule has 0 fully saturated rings. The van der Waals surface area contributed by atoms with Crippen LogP contribution in [0.1, 0.15) is 45.0 Å². The summed E-state index contributed by atoms with van der Waals surface area (Å²) in [5, 5.41) is 2.75. The number of hydrogen-bond acceptors (Lipinski definition) is 4. The van der Waals surface area contributed by atoms with E-state index in [4.69, 9.17) is 4.74 Å². The molecule has 0 unspecified atom stereocenters. The lowest BCUT2D eigenvalue weighted by Crippen LogP contribution is -2.32. The molecule has 1 heterocycles. The Bertz CT molecular complexity index is 815. The average molecular weight is 410 g/mol. The maximum absolute atomic E-state index is 12.2. The van der Waals surface area contributed by atoms with Gasteiger partial charge in [0.1, 0.15) is 11.5 Å². The third kappa shape index (κ3) is 7.29. The summed E-state index contributed by atoms with van der Waals surface area (Å²) in [6.07, 6.45) is -3.22. The highest BCUT2D eigenvalue weighted by atomic mass is 19.4. The first-order valence-electron chi connectivity index (χ1n) is 9.13. The molecule has 0 saturated carbocycles. The molecule has 2 rings (SSSR count). The van der Waals surface area contributed by atoms with Crippen LogP contribution in [0, 0.1) is 0 Å². The number of alkyl halides is 3. The van der Waals surface area contributed by atoms with Crippen LogP contribution in [0.5, 0.6) is 11.5 Å². The first-order chi connectivity index (χ1) is 13.5. The number of nitrogens with one attached hydrogen (secondary N) is 1. The van der Waals surface area contributed by atoms with Crippen molar-refractivity contribution in [2.24, 2.45) is 0 Å². The number of aromatic nitrogens is 1. The number of carbonyl (C=O) groups is 1. The van der Waals surface area contributed by atoms with Crippen LogP contribution >= 0.6 is 0 Å². The summed E-state index contributed by atoms with van der Waals surface area (Å²) in [6, 6.07) is 9.99. The highest BCUT2D eigenvalue weighted by Crippen LogP contribution is 2.30. The number of benzene rings is 1. The second-order valence-electron chi connectivity index (χ2n) is 7.65. The van der Waals surface area contributed by atoms with Crippen molar-refractivity contribution >= 4 is 5.91 Å². The molecular formula is C21H25F3N2O3. The van der Waals surface area contributed by atoms with E-state index in [0.717, 1.165) is 5.56 Å². The minimum Gasteiger partial charge on any atom is -0.483 e. The van der Waals surface area contributed by atoms with Crippen molar-refractivity contribution < 1.29 is 27.4 Å². The van der Waals surface area contributed by atoms with Gasteiger partial charge >= 0.3 is 6.18 Å². The van der Waals surface area contributed by atoms with Crippen molar-refractivity contribution in [2.75, 3.05) is 13.2 Å². The quantitative estimate of drug-likeness (QED) is 0.726. The van der Waals surface area contributed by atoms with Gasteiger partial charge in [0, 0.05) is 0 Å². The number of para-hydroxylation sites is 1. The van der Waals surface area contributed by atoms with Crippen LogP contribution in [0.15, 0.2) is 42.6 Å². The van der Waals surface area contributed by atoms with Crippen LogP contribution in [-0.4, -0.2) is 30.3 Å². The summed E-state index contributed by atoms with van der Waals surface area (Å²) in [4.78, 5) is 16.3. The van der Waals surface area contributed by atoms with Gasteiger partial charge < -0.3 is 14.8 Å². The normalized spacial score (nSPS) is 12.9. The van der Waals surface area contributed by atoms with Crippen molar-refractivity contribution in [3.63, 3.8) is 0 Å².